The molecule has 0 radical (unpaired) electrons. The fraction of sp³-hybridized carbons (Fsp3) is 0.614. The van der Waals surface area contributed by atoms with Crippen molar-refractivity contribution in [3.05, 3.63) is 82.9 Å². The number of amides is 7. The molecule has 2 aliphatic heterocycles. The van der Waals surface area contributed by atoms with Crippen molar-refractivity contribution in [3.8, 4) is 0 Å². The second kappa shape index (κ2) is 27.8. The van der Waals surface area contributed by atoms with Gasteiger partial charge in [0.1, 0.15) is 30.0 Å². The number of benzene rings is 2. The zero-order valence-electron chi connectivity index (χ0n) is 46.2. The first-order valence-corrected chi connectivity index (χ1v) is 26.8. The van der Waals surface area contributed by atoms with Crippen LogP contribution < -0.4 is 37.2 Å². The van der Waals surface area contributed by atoms with Crippen molar-refractivity contribution in [3.63, 3.8) is 0 Å². The number of Topliss-reactive ketones (excluding diaryl/α,β-unsaturated/α-hetero) is 1. The molecular weight excluding hydrogens is 1010 g/mol. The van der Waals surface area contributed by atoms with Crippen molar-refractivity contribution in [1.82, 2.24) is 47.0 Å². The van der Waals surface area contributed by atoms with Crippen LogP contribution in [0.15, 0.2) is 60.7 Å². The first kappa shape index (κ1) is 63.2. The molecule has 0 spiro atoms. The minimum Gasteiger partial charge on any atom is -0.351 e. The summed E-state index contributed by atoms with van der Waals surface area (Å²) < 4.78 is 0. The summed E-state index contributed by atoms with van der Waals surface area (Å²) in [6.07, 6.45) is 8.96. The first-order valence-electron chi connectivity index (χ1n) is 26.8. The van der Waals surface area contributed by atoms with Crippen LogP contribution in [0.2, 0.25) is 0 Å². The van der Waals surface area contributed by atoms with Gasteiger partial charge in [-0.2, -0.15) is 0 Å². The molecule has 2 aliphatic carbocycles. The quantitative estimate of drug-likeness (QED) is 0.0923. The lowest BCUT2D eigenvalue weighted by Gasteiger charge is -2.36. The molecule has 0 saturated carbocycles. The second-order valence-electron chi connectivity index (χ2n) is 23.2. The lowest BCUT2D eigenvalue weighted by molar-refractivity contribution is -0.144. The lowest BCUT2D eigenvalue weighted by Crippen LogP contribution is -2.59. The van der Waals surface area contributed by atoms with Gasteiger partial charge in [-0.1, -0.05) is 102 Å². The van der Waals surface area contributed by atoms with Gasteiger partial charge in [0.2, 0.25) is 41.4 Å². The molecule has 2 aromatic rings. The molecule has 2 heterocycles. The van der Waals surface area contributed by atoms with Crippen LogP contribution in [0.1, 0.15) is 148 Å². The molecule has 2 saturated heterocycles. The molecule has 7 N–H and O–H groups in total. The zero-order chi connectivity index (χ0) is 54.1. The lowest BCUT2D eigenvalue weighted by atomic mass is 9.85. The topological polar surface area (TPSA) is 227 Å². The average Bonchev–Trinajstić information content (AvgIpc) is 3.99. The number of hydrogen-bond acceptors (Lipinski definition) is 10. The Morgan fingerprint density at radius 3 is 1.50 bits per heavy atom. The van der Waals surface area contributed by atoms with Crippen LogP contribution in [0.3, 0.4) is 0 Å². The fourth-order valence-electron chi connectivity index (χ4n) is 10.9. The van der Waals surface area contributed by atoms with Gasteiger partial charge in [0.15, 0.2) is 0 Å². The SMILES string of the molecule is CN[C@@H](C)C(=O)N[C@H](C(=O)N1C[C@@H](CC(=O)C/C=C/CC(=O)N[C@H]2C[C@@H](C(=O)N[C@@H]3CCCc4ccccc43)N(C(=O)[C@@H](NC(=O)[C@H](C)NC)C(C)(C)C)C2)C[C@H]1C(=O)N[C@@H]1CCCc2ccccc21)C(C)(C)C.Cl.Cl. The molecule has 0 aromatic heterocycles. The van der Waals surface area contributed by atoms with Crippen molar-refractivity contribution >= 4 is 71.9 Å². The highest BCUT2D eigenvalue weighted by molar-refractivity contribution is 5.96. The number of fused-ring (bicyclic) bond motifs is 2. The van der Waals surface area contributed by atoms with Crippen molar-refractivity contribution in [1.29, 1.82) is 0 Å². The molecule has 420 valence electrons. The summed E-state index contributed by atoms with van der Waals surface area (Å²) in [5.41, 5.74) is 3.08. The van der Waals surface area contributed by atoms with E-state index in [1.807, 2.05) is 77.9 Å². The number of rotatable bonds is 19. The van der Waals surface area contributed by atoms with Crippen molar-refractivity contribution < 1.29 is 38.4 Å². The van der Waals surface area contributed by atoms with Gasteiger partial charge in [-0.3, -0.25) is 38.4 Å². The Morgan fingerprint density at radius 1 is 0.605 bits per heavy atom. The molecule has 0 bridgehead atoms. The van der Waals surface area contributed by atoms with E-state index in [4.69, 9.17) is 0 Å². The van der Waals surface area contributed by atoms with E-state index in [1.165, 1.54) is 16.0 Å². The Balaban J connectivity index is 0.00000624. The minimum absolute atomic E-state index is 0. The van der Waals surface area contributed by atoms with Crippen LogP contribution in [0.5, 0.6) is 0 Å². The molecule has 76 heavy (non-hydrogen) atoms. The standard InChI is InChI=1S/C57H83N9O8.2ClH/c1-34(58-9)50(69)63-48(56(3,4)5)54(73)65-32-36(30-45(65)52(71)61-43-26-17-21-37-19-11-14-24-41(37)43)29-40(67)23-13-16-28-47(68)60-39-31-46(53(72)62-44-27-18-22-38-20-12-15-25-42(38)44)66(33-39)55(74)49(57(6,7)8)64-51(70)35(2)59-10;;/h11-16,19-20,24-25,34-36,39,43-46,48-49,58-59H,17-18,21-23,26-33H2,1-10H3,(H,60,68)(H,61,71)(H,62,72)(H,63,69)(H,64,70);2*1H/b16-13+;;/t34-,35-,36-,39-,43+,44+,45-,46-,48+,49+;;/m0../s1. The van der Waals surface area contributed by atoms with E-state index in [-0.39, 0.29) is 129 Å². The van der Waals surface area contributed by atoms with Crippen molar-refractivity contribution in [2.75, 3.05) is 27.2 Å². The van der Waals surface area contributed by atoms with E-state index in [0.29, 0.717) is 0 Å². The Bertz CT molecular complexity index is 2260. The number of halogens is 2. The zero-order valence-corrected chi connectivity index (χ0v) is 47.8. The molecule has 2 aromatic carbocycles. The smallest absolute Gasteiger partial charge is 0.246 e. The summed E-state index contributed by atoms with van der Waals surface area (Å²) in [6, 6.07) is 10.3. The maximum atomic E-state index is 14.6. The second-order valence-corrected chi connectivity index (χ2v) is 23.2. The van der Waals surface area contributed by atoms with E-state index in [9.17, 15) is 38.4 Å². The van der Waals surface area contributed by atoms with Crippen molar-refractivity contribution in [2.45, 2.75) is 180 Å². The van der Waals surface area contributed by atoms with Gasteiger partial charge in [0.05, 0.1) is 24.2 Å². The molecule has 7 amide bonds. The highest BCUT2D eigenvalue weighted by atomic mass is 35.5. The number of ketones is 1. The molecular formula is C57H85Cl2N9O8. The average molecular weight is 1100 g/mol. The highest BCUT2D eigenvalue weighted by Crippen LogP contribution is 2.35. The maximum absolute atomic E-state index is 14.6. The van der Waals surface area contributed by atoms with Gasteiger partial charge in [0, 0.05) is 38.4 Å². The summed E-state index contributed by atoms with van der Waals surface area (Å²) in [7, 11) is 3.33. The molecule has 6 rings (SSSR count). The van der Waals surface area contributed by atoms with E-state index in [0.717, 1.165) is 49.7 Å². The van der Waals surface area contributed by atoms with Gasteiger partial charge in [-0.15, -0.1) is 24.8 Å². The number of likely N-dealkylation sites (N-methyl/N-ethyl adjacent to an activating group) is 2. The number of nitrogens with one attached hydrogen (secondary N) is 7. The highest BCUT2D eigenvalue weighted by Gasteiger charge is 2.48. The number of allylic oxidation sites excluding steroid dienone is 1. The predicted molar refractivity (Wildman–Crippen MR) is 298 cm³/mol. The van der Waals surface area contributed by atoms with Gasteiger partial charge in [0.25, 0.3) is 0 Å². The third-order valence-electron chi connectivity index (χ3n) is 15.4. The van der Waals surface area contributed by atoms with Crippen LogP contribution in [0, 0.1) is 16.7 Å². The molecule has 2 fully saturated rings. The largest absolute Gasteiger partial charge is 0.351 e. The Labute approximate surface area is 462 Å². The number of nitrogens with zero attached hydrogens (tertiary/aromatic N) is 2. The van der Waals surface area contributed by atoms with Crippen LogP contribution in [-0.2, 0) is 51.2 Å². The first-order chi connectivity index (χ1) is 35.0. The van der Waals surface area contributed by atoms with E-state index >= 15 is 0 Å². The molecule has 4 aliphatic rings. The maximum Gasteiger partial charge on any atom is 0.246 e. The van der Waals surface area contributed by atoms with E-state index < -0.39 is 59.0 Å². The van der Waals surface area contributed by atoms with Gasteiger partial charge in [-0.05, 0) is 118 Å². The summed E-state index contributed by atoms with van der Waals surface area (Å²) >= 11 is 0. The summed E-state index contributed by atoms with van der Waals surface area (Å²) in [4.78, 5) is 114. The van der Waals surface area contributed by atoms with Crippen LogP contribution >= 0.6 is 24.8 Å². The molecule has 19 heteroatoms. The normalized spacial score (nSPS) is 22.8. The Kier molecular flexibility index (Phi) is 23.1. The van der Waals surface area contributed by atoms with Crippen LogP contribution in [-0.4, -0.2) is 126 Å². The number of hydrogen-bond donors (Lipinski definition) is 7. The van der Waals surface area contributed by atoms with E-state index in [2.05, 4.69) is 49.4 Å². The molecule has 10 atom stereocenters. The van der Waals surface area contributed by atoms with E-state index in [1.54, 1.807) is 45.0 Å². The number of likely N-dealkylation sites (tertiary alicyclic amines) is 2. The van der Waals surface area contributed by atoms with Gasteiger partial charge < -0.3 is 47.0 Å². The van der Waals surface area contributed by atoms with Gasteiger partial charge in [-0.25, -0.2) is 0 Å². The van der Waals surface area contributed by atoms with Crippen LogP contribution in [0.4, 0.5) is 0 Å². The molecule has 0 unspecified atom stereocenters. The summed E-state index contributed by atoms with van der Waals surface area (Å²) in [5, 5.41) is 21.1. The third-order valence-corrected chi connectivity index (χ3v) is 15.4. The Hall–Kier alpha value is -5.36. The monoisotopic (exact) mass is 1090 g/mol. The van der Waals surface area contributed by atoms with Gasteiger partial charge >= 0.3 is 0 Å². The molecule has 17 nitrogen and oxygen atoms in total. The number of aryl methyl sites for hydroxylation is 2. The minimum atomic E-state index is -0.956. The summed E-state index contributed by atoms with van der Waals surface area (Å²) in [5.74, 6) is -2.89. The summed E-state index contributed by atoms with van der Waals surface area (Å²) in [6.45, 7) is 14.8. The predicted octanol–water partition coefficient (Wildman–Crippen LogP) is 5.09. The van der Waals surface area contributed by atoms with Crippen molar-refractivity contribution in [2.24, 2.45) is 16.7 Å². The fourth-order valence-corrected chi connectivity index (χ4v) is 10.9. The number of carbonyl (C=O) groups is 8. The number of carbonyl (C=O) groups excluding carboxylic acids is 8. The van der Waals surface area contributed by atoms with Crippen LogP contribution in [0.25, 0.3) is 0 Å². The third kappa shape index (κ3) is 16.1. The Morgan fingerprint density at radius 2 is 1.04 bits per heavy atom.